The van der Waals surface area contributed by atoms with Crippen LogP contribution in [-0.4, -0.2) is 77.0 Å². The molecule has 13 rings (SSSR count). The number of likely N-dealkylation sites (N-methyl/N-ethyl adjacent to an activating group) is 2. The molecular weight excluding hydrogens is 1470 g/mol. The quantitative estimate of drug-likeness (QED) is 0.0231. The molecule has 10 heterocycles. The number of nitrogens with zero attached hydrogens (tertiary/aromatic N) is 6. The van der Waals surface area contributed by atoms with Gasteiger partial charge in [0.05, 0.1) is 0 Å². The Morgan fingerprint density at radius 3 is 1.01 bits per heavy atom. The van der Waals surface area contributed by atoms with E-state index in [0.717, 1.165) is 139 Å². The van der Waals surface area contributed by atoms with Crippen molar-refractivity contribution in [2.75, 3.05) is 13.1 Å². The molecule has 4 atom stereocenters. The Balaban J connectivity index is 0.927. The van der Waals surface area contributed by atoms with Crippen LogP contribution in [0.25, 0.3) is 95.5 Å². The van der Waals surface area contributed by atoms with Crippen LogP contribution < -0.4 is 20.7 Å². The predicted molar refractivity (Wildman–Crippen MR) is 449 cm³/mol. The first-order chi connectivity index (χ1) is 48.5. The number of rotatable bonds is 32. The fraction of sp³-hybridized carbons (Fsp3) is 0.462. The van der Waals surface area contributed by atoms with Gasteiger partial charge in [0.1, 0.15) is 0 Å². The van der Waals surface area contributed by atoms with E-state index in [1.807, 2.05) is 48.7 Å². The Hall–Kier alpha value is -4.31. The van der Waals surface area contributed by atoms with E-state index in [9.17, 15) is 9.59 Å². The molecule has 100 heavy (non-hydrogen) atoms. The van der Waals surface area contributed by atoms with Crippen molar-refractivity contribution in [3.05, 3.63) is 93.2 Å². The van der Waals surface area contributed by atoms with E-state index in [1.54, 1.807) is 44.6 Å². The number of aromatic nitrogens is 4. The van der Waals surface area contributed by atoms with Crippen LogP contribution in [-0.2, 0) is 9.59 Å². The number of unbranched alkanes of at least 4 members (excludes halogenated alkanes) is 4. The van der Waals surface area contributed by atoms with Crippen LogP contribution in [0.4, 0.5) is 8.78 Å². The molecule has 4 aliphatic heterocycles. The molecule has 6 aromatic heterocycles. The van der Waals surface area contributed by atoms with E-state index < -0.39 is 16.1 Å². The maximum absolute atomic E-state index is 18.1. The standard InChI is InChI=1S/C78H92F2N6O2S10Si2/c1-11-21-25-45(15-5)41-99(42-46(16-6)26-22-12-2)63-37-57(51-31-29-49(67-69(51)83-97-81-67)33-61-75(87)85(19-9)77(89)95-61)91-71(63)73-65(99)39-59(93-73)53-35-56(80)54(36-55(53)79)60-40-66-74(94-60)72-64(100(66,43-47(17-7)27-23-13-3)44-48(18-8)28-24-14-4)38-58(92-72)52-32-30-50(68-70(52)84-98-82-68)34-62-76(88)86(20-10)78(90)96-62/h29-40,45-48,99-100H,11-28,41-44H2,1-10H3/q-2/b61-33-,62-34-. The number of halogens is 2. The van der Waals surface area contributed by atoms with Crippen molar-refractivity contribution in [3.8, 4) is 61.3 Å². The number of thiocarbonyl (C=S) groups is 2. The summed E-state index contributed by atoms with van der Waals surface area (Å²) in [5, 5.41) is 5.94. The van der Waals surface area contributed by atoms with E-state index in [-0.39, 0.29) is 23.4 Å². The number of hydrogen-bond acceptors (Lipinski definition) is 16. The third-order valence-electron chi connectivity index (χ3n) is 22.9. The molecule has 4 unspecified atom stereocenters. The van der Waals surface area contributed by atoms with Crippen LogP contribution in [0.2, 0.25) is 24.2 Å². The molecule has 4 aliphatic rings. The molecule has 2 fully saturated rings. The fourth-order valence-electron chi connectivity index (χ4n) is 17.4. The van der Waals surface area contributed by atoms with E-state index in [0.29, 0.717) is 66.3 Å². The van der Waals surface area contributed by atoms with Crippen LogP contribution in [0.15, 0.2) is 70.5 Å². The topological polar surface area (TPSA) is 92.2 Å². The van der Waals surface area contributed by atoms with Gasteiger partial charge < -0.3 is 0 Å². The second-order valence-corrected chi connectivity index (χ2v) is 46.7. The number of hydrogen-bond donors (Lipinski definition) is 0. The maximum atomic E-state index is 18.1. The summed E-state index contributed by atoms with van der Waals surface area (Å²) in [6.45, 7) is 23.7. The zero-order valence-electron chi connectivity index (χ0n) is 59.3. The Morgan fingerprint density at radius 2 is 0.730 bits per heavy atom. The molecule has 530 valence electrons. The van der Waals surface area contributed by atoms with E-state index in [1.165, 1.54) is 139 Å². The molecule has 0 spiro atoms. The minimum atomic E-state index is -3.08. The summed E-state index contributed by atoms with van der Waals surface area (Å²) in [6.07, 6.45) is 22.4. The van der Waals surface area contributed by atoms with Crippen molar-refractivity contribution in [1.29, 1.82) is 0 Å². The molecule has 0 N–H and O–H groups in total. The van der Waals surface area contributed by atoms with Gasteiger partial charge in [-0.25, -0.2) is 0 Å². The van der Waals surface area contributed by atoms with Crippen LogP contribution in [0.5, 0.6) is 0 Å². The van der Waals surface area contributed by atoms with Gasteiger partial charge in [0, 0.05) is 0 Å². The first-order valence-corrected chi connectivity index (χ1v) is 49.7. The summed E-state index contributed by atoms with van der Waals surface area (Å²) in [4.78, 5) is 40.4. The van der Waals surface area contributed by atoms with Crippen molar-refractivity contribution in [3.63, 3.8) is 0 Å². The number of benzene rings is 3. The molecule has 0 saturated carbocycles. The van der Waals surface area contributed by atoms with Crippen molar-refractivity contribution in [2.45, 2.75) is 196 Å². The molecule has 3 aromatic carbocycles. The van der Waals surface area contributed by atoms with Gasteiger partial charge in [-0.15, -0.1) is 0 Å². The molecule has 0 bridgehead atoms. The van der Waals surface area contributed by atoms with E-state index in [2.05, 4.69) is 104 Å². The van der Waals surface area contributed by atoms with Crippen molar-refractivity contribution in [2.24, 2.45) is 23.7 Å². The minimum absolute atomic E-state index is 0.0771. The fourth-order valence-corrected chi connectivity index (χ4v) is 44.8. The summed E-state index contributed by atoms with van der Waals surface area (Å²) in [7, 11) is -6.16. The van der Waals surface area contributed by atoms with E-state index >= 15 is 8.78 Å². The Kier molecular flexibility index (Phi) is 23.5. The van der Waals surface area contributed by atoms with E-state index in [4.69, 9.17) is 41.9 Å². The molecule has 0 radical (unpaired) electrons. The number of thioether (sulfide) groups is 2. The SMILES string of the molecule is CCCCC(CC)C[SiH-]1(CC(CC)CCCC)c2cc(-c3cc(F)c(-c4cc5c(s4)-c4sc(-c6ccc(/C=C7\SC(=S)N(CC)C7=O)c7nsnc67)cc4[SiH-]5(CC(CC)CCCC)CC(CC)CCCC)cc3F)sc2-c2sc(-c3ccc(/C=C4\SC(=S)N(CC)C4=O)c4nsnc34)cc21. The third kappa shape index (κ3) is 13.8. The first-order valence-electron chi connectivity index (χ1n) is 37.0. The number of amides is 2. The second-order valence-electron chi connectivity index (χ2n) is 28.7. The molecule has 8 nitrogen and oxygen atoms in total. The van der Waals surface area contributed by atoms with Gasteiger partial charge in [-0.05, 0) is 13.8 Å². The van der Waals surface area contributed by atoms with Crippen molar-refractivity contribution >= 4 is 208 Å². The number of fused-ring (bicyclic) bond motifs is 8. The van der Waals surface area contributed by atoms with Crippen LogP contribution in [0.1, 0.15) is 183 Å². The molecule has 9 aromatic rings. The van der Waals surface area contributed by atoms with Crippen molar-refractivity contribution < 1.29 is 18.4 Å². The van der Waals surface area contributed by atoms with Gasteiger partial charge in [0.15, 0.2) is 0 Å². The van der Waals surface area contributed by atoms with Gasteiger partial charge in [-0.2, -0.15) is 0 Å². The number of thiophene rings is 4. The van der Waals surface area contributed by atoms with Crippen LogP contribution >= 0.6 is 117 Å². The zero-order valence-corrected chi connectivity index (χ0v) is 69.8. The zero-order chi connectivity index (χ0) is 70.3. The third-order valence-corrected chi connectivity index (χ3v) is 45.1. The monoisotopic (exact) mass is 1560 g/mol. The van der Waals surface area contributed by atoms with Gasteiger partial charge >= 0.3 is 628 Å². The Morgan fingerprint density at radius 1 is 0.430 bits per heavy atom. The predicted octanol–water partition coefficient (Wildman–Crippen LogP) is 22.7. The number of carbonyl (C=O) groups is 2. The number of carbonyl (C=O) groups excluding carboxylic acids is 2. The van der Waals surface area contributed by atoms with Gasteiger partial charge in [-0.1, -0.05) is 0 Å². The Bertz CT molecular complexity index is 4330. The summed E-state index contributed by atoms with van der Waals surface area (Å²) in [5.41, 5.74) is 7.66. The Labute approximate surface area is 635 Å². The van der Waals surface area contributed by atoms with Crippen LogP contribution in [0, 0.1) is 35.3 Å². The molecule has 2 amide bonds. The molecular formula is C78H92F2N6O2S10Si2-2. The molecule has 2 saturated heterocycles. The second kappa shape index (κ2) is 31.8. The summed E-state index contributed by atoms with van der Waals surface area (Å²) < 4.78 is 57.0. The van der Waals surface area contributed by atoms with Crippen molar-refractivity contribution in [1.82, 2.24) is 27.3 Å². The van der Waals surface area contributed by atoms with Gasteiger partial charge in [0.2, 0.25) is 0 Å². The summed E-state index contributed by atoms with van der Waals surface area (Å²) in [6, 6.07) is 26.0. The molecule has 0 aliphatic carbocycles. The van der Waals surface area contributed by atoms with Gasteiger partial charge in [-0.3, -0.25) is 0 Å². The summed E-state index contributed by atoms with van der Waals surface area (Å²) in [5.74, 6) is 1.27. The average Bonchev–Trinajstić information content (AvgIpc) is 1.54. The summed E-state index contributed by atoms with van der Waals surface area (Å²) >= 11 is 23.3. The average molecular weight is 1560 g/mol. The van der Waals surface area contributed by atoms with Crippen LogP contribution in [0.3, 0.4) is 0 Å². The molecule has 22 heteroatoms. The normalized spacial score (nSPS) is 18.1. The van der Waals surface area contributed by atoms with Gasteiger partial charge in [0.25, 0.3) is 0 Å². The first kappa shape index (κ1) is 74.0.